The summed E-state index contributed by atoms with van der Waals surface area (Å²) in [7, 11) is 0. The molecule has 0 fully saturated rings. The highest BCUT2D eigenvalue weighted by atomic mass is 79.9. The van der Waals surface area contributed by atoms with Crippen LogP contribution in [0.4, 0.5) is 5.69 Å². The number of halogens is 1. The Morgan fingerprint density at radius 1 is 1.10 bits per heavy atom. The molecule has 1 aromatic carbocycles. The number of hydrogen-bond acceptors (Lipinski definition) is 2. The van der Waals surface area contributed by atoms with Gasteiger partial charge in [-0.1, -0.05) is 27.7 Å². The molecule has 0 spiro atoms. The Hall–Kier alpha value is -0.830. The maximum atomic E-state index is 11.5. The Balaban J connectivity index is 2.92. The number of carbonyl (C=O) groups excluding carboxylic acids is 1. The first-order valence-corrected chi connectivity index (χ1v) is 8.66. The van der Waals surface area contributed by atoms with Gasteiger partial charge in [0.1, 0.15) is 0 Å². The number of anilines is 1. The number of benzene rings is 1. The second kappa shape index (κ2) is 8.57. The van der Waals surface area contributed by atoms with Gasteiger partial charge in [0.25, 0.3) is 0 Å². The molecule has 0 aromatic heterocycles. The van der Waals surface area contributed by atoms with Crippen LogP contribution in [0, 0.1) is 11.8 Å². The summed E-state index contributed by atoms with van der Waals surface area (Å²) in [6.45, 7) is 12.8. The van der Waals surface area contributed by atoms with Gasteiger partial charge in [-0.3, -0.25) is 4.79 Å². The van der Waals surface area contributed by atoms with E-state index in [4.69, 9.17) is 0 Å². The molecule has 21 heavy (non-hydrogen) atoms. The number of nitrogens with zero attached hydrogens (tertiary/aromatic N) is 1. The minimum Gasteiger partial charge on any atom is -0.371 e. The third kappa shape index (κ3) is 6.21. The van der Waals surface area contributed by atoms with E-state index in [1.54, 1.807) is 6.92 Å². The maximum Gasteiger partial charge on any atom is 0.159 e. The Kier molecular flexibility index (Phi) is 7.44. The monoisotopic (exact) mass is 353 g/mol. The summed E-state index contributed by atoms with van der Waals surface area (Å²) in [5, 5.41) is 0. The third-order valence-electron chi connectivity index (χ3n) is 3.65. The Morgan fingerprint density at radius 3 is 2.00 bits per heavy atom. The van der Waals surface area contributed by atoms with Crippen molar-refractivity contribution in [3.63, 3.8) is 0 Å². The average molecular weight is 354 g/mol. The molecule has 0 saturated heterocycles. The summed E-state index contributed by atoms with van der Waals surface area (Å²) in [5.41, 5.74) is 1.96. The summed E-state index contributed by atoms with van der Waals surface area (Å²) in [4.78, 5) is 13.9. The minimum atomic E-state index is 0.109. The number of ketones is 1. The Bertz CT molecular complexity index is 456. The molecule has 2 nitrogen and oxygen atoms in total. The van der Waals surface area contributed by atoms with Gasteiger partial charge < -0.3 is 4.90 Å². The van der Waals surface area contributed by atoms with Gasteiger partial charge in [-0.15, -0.1) is 0 Å². The molecule has 0 N–H and O–H groups in total. The van der Waals surface area contributed by atoms with Gasteiger partial charge in [0.15, 0.2) is 5.78 Å². The van der Waals surface area contributed by atoms with Crippen molar-refractivity contribution in [2.24, 2.45) is 11.8 Å². The van der Waals surface area contributed by atoms with E-state index in [1.165, 1.54) is 18.5 Å². The van der Waals surface area contributed by atoms with Gasteiger partial charge in [-0.2, -0.15) is 0 Å². The van der Waals surface area contributed by atoms with Crippen molar-refractivity contribution in [2.75, 3.05) is 18.0 Å². The van der Waals surface area contributed by atoms with Crippen LogP contribution in [0.1, 0.15) is 57.8 Å². The fourth-order valence-corrected chi connectivity index (χ4v) is 2.79. The smallest absolute Gasteiger partial charge is 0.159 e. The normalized spacial score (nSPS) is 11.2. The van der Waals surface area contributed by atoms with Crippen molar-refractivity contribution in [3.05, 3.63) is 28.2 Å². The van der Waals surface area contributed by atoms with Crippen molar-refractivity contribution in [2.45, 2.75) is 47.5 Å². The molecule has 118 valence electrons. The van der Waals surface area contributed by atoms with Crippen molar-refractivity contribution in [1.29, 1.82) is 0 Å². The lowest BCUT2D eigenvalue weighted by molar-refractivity contribution is 0.101. The van der Waals surface area contributed by atoms with Gasteiger partial charge in [0.2, 0.25) is 0 Å². The molecule has 0 aliphatic carbocycles. The van der Waals surface area contributed by atoms with Crippen molar-refractivity contribution in [1.82, 2.24) is 0 Å². The van der Waals surface area contributed by atoms with Crippen LogP contribution < -0.4 is 4.90 Å². The first-order chi connectivity index (χ1) is 9.81. The molecule has 0 heterocycles. The zero-order valence-electron chi connectivity index (χ0n) is 13.9. The van der Waals surface area contributed by atoms with E-state index in [0.717, 1.165) is 23.1 Å². The van der Waals surface area contributed by atoms with Crippen LogP contribution in [0.5, 0.6) is 0 Å². The second-order valence-electron chi connectivity index (χ2n) is 6.57. The Morgan fingerprint density at radius 2 is 1.62 bits per heavy atom. The molecule has 0 aliphatic rings. The number of hydrogen-bond donors (Lipinski definition) is 0. The quantitative estimate of drug-likeness (QED) is 0.571. The van der Waals surface area contributed by atoms with Crippen LogP contribution in [0.25, 0.3) is 0 Å². The first-order valence-electron chi connectivity index (χ1n) is 7.86. The molecular weight excluding hydrogens is 326 g/mol. The largest absolute Gasteiger partial charge is 0.371 e. The highest BCUT2D eigenvalue weighted by Gasteiger charge is 2.13. The third-order valence-corrected chi connectivity index (χ3v) is 4.28. The lowest BCUT2D eigenvalue weighted by Gasteiger charge is -2.28. The maximum absolute atomic E-state index is 11.5. The molecule has 1 aromatic rings. The first kappa shape index (κ1) is 18.2. The summed E-state index contributed by atoms with van der Waals surface area (Å²) >= 11 is 3.64. The summed E-state index contributed by atoms with van der Waals surface area (Å²) in [6, 6.07) is 5.94. The molecule has 0 unspecified atom stereocenters. The fraction of sp³-hybridized carbons (Fsp3) is 0.611. The van der Waals surface area contributed by atoms with Crippen LogP contribution in [-0.4, -0.2) is 18.9 Å². The van der Waals surface area contributed by atoms with E-state index >= 15 is 0 Å². The topological polar surface area (TPSA) is 20.3 Å². The van der Waals surface area contributed by atoms with Crippen molar-refractivity contribution >= 4 is 27.4 Å². The van der Waals surface area contributed by atoms with E-state index < -0.39 is 0 Å². The highest BCUT2D eigenvalue weighted by molar-refractivity contribution is 9.10. The summed E-state index contributed by atoms with van der Waals surface area (Å²) in [5.74, 6) is 1.50. The van der Waals surface area contributed by atoms with Crippen LogP contribution in [0.3, 0.4) is 0 Å². The Labute approximate surface area is 138 Å². The van der Waals surface area contributed by atoms with E-state index in [9.17, 15) is 4.79 Å². The van der Waals surface area contributed by atoms with E-state index in [-0.39, 0.29) is 5.78 Å². The molecular formula is C18H28BrNO. The number of Topliss-reactive ketones (excluding diaryl/α,β-unsaturated/α-hetero) is 1. The molecule has 1 rings (SSSR count). The SMILES string of the molecule is CC(=O)c1ccc(N(CCC(C)C)CCC(C)C)c(Br)c1. The van der Waals surface area contributed by atoms with Gasteiger partial charge in [-0.25, -0.2) is 0 Å². The van der Waals surface area contributed by atoms with Crippen molar-refractivity contribution in [3.8, 4) is 0 Å². The average Bonchev–Trinajstić information content (AvgIpc) is 2.38. The highest BCUT2D eigenvalue weighted by Crippen LogP contribution is 2.28. The molecule has 0 radical (unpaired) electrons. The minimum absolute atomic E-state index is 0.109. The standard InChI is InChI=1S/C18H28BrNO/c1-13(2)8-10-20(11-9-14(3)4)18-7-6-16(15(5)21)12-17(18)19/h6-7,12-14H,8-11H2,1-5H3. The van der Waals surface area contributed by atoms with Crippen LogP contribution in [-0.2, 0) is 0 Å². The van der Waals surface area contributed by atoms with Gasteiger partial charge in [0.05, 0.1) is 5.69 Å². The van der Waals surface area contributed by atoms with E-state index in [0.29, 0.717) is 11.8 Å². The number of rotatable bonds is 8. The van der Waals surface area contributed by atoms with Crippen LogP contribution in [0.2, 0.25) is 0 Å². The fourth-order valence-electron chi connectivity index (χ4n) is 2.16. The molecule has 3 heteroatoms. The summed E-state index contributed by atoms with van der Waals surface area (Å²) in [6.07, 6.45) is 2.36. The predicted octanol–water partition coefficient (Wildman–Crippen LogP) is 5.55. The molecule has 0 atom stereocenters. The van der Waals surface area contributed by atoms with Crippen LogP contribution in [0.15, 0.2) is 22.7 Å². The number of carbonyl (C=O) groups is 1. The zero-order valence-corrected chi connectivity index (χ0v) is 15.5. The summed E-state index contributed by atoms with van der Waals surface area (Å²) < 4.78 is 1.02. The molecule has 0 saturated carbocycles. The van der Waals surface area contributed by atoms with Crippen molar-refractivity contribution < 1.29 is 4.79 Å². The van der Waals surface area contributed by atoms with Gasteiger partial charge in [-0.05, 0) is 65.7 Å². The van der Waals surface area contributed by atoms with Crippen LogP contribution >= 0.6 is 15.9 Å². The van der Waals surface area contributed by atoms with E-state index in [1.807, 2.05) is 12.1 Å². The molecule has 0 aliphatic heterocycles. The lowest BCUT2D eigenvalue weighted by Crippen LogP contribution is -2.28. The van der Waals surface area contributed by atoms with Gasteiger partial charge >= 0.3 is 0 Å². The predicted molar refractivity (Wildman–Crippen MR) is 95.3 cm³/mol. The van der Waals surface area contributed by atoms with E-state index in [2.05, 4.69) is 54.6 Å². The second-order valence-corrected chi connectivity index (χ2v) is 7.43. The molecule has 0 bridgehead atoms. The van der Waals surface area contributed by atoms with Gasteiger partial charge in [0, 0.05) is 23.1 Å². The zero-order chi connectivity index (χ0) is 16.0. The lowest BCUT2D eigenvalue weighted by atomic mass is 10.1. The molecule has 0 amide bonds.